The highest BCUT2D eigenvalue weighted by molar-refractivity contribution is 5.17. The summed E-state index contributed by atoms with van der Waals surface area (Å²) in [5.41, 5.74) is 2.46. The van der Waals surface area contributed by atoms with Gasteiger partial charge in [0.25, 0.3) is 0 Å². The van der Waals surface area contributed by atoms with Gasteiger partial charge in [0, 0.05) is 12.7 Å². The van der Waals surface area contributed by atoms with Crippen LogP contribution in [0.5, 0.6) is 0 Å². The molecule has 1 aliphatic rings. The van der Waals surface area contributed by atoms with E-state index in [4.69, 9.17) is 0 Å². The number of hydrogen-bond acceptors (Lipinski definition) is 3. The summed E-state index contributed by atoms with van der Waals surface area (Å²) in [5.74, 6) is 0. The first-order valence-electron chi connectivity index (χ1n) is 7.20. The third-order valence-corrected chi connectivity index (χ3v) is 3.69. The maximum absolute atomic E-state index is 4.39. The quantitative estimate of drug-likeness (QED) is 0.782. The highest BCUT2D eigenvalue weighted by Gasteiger charge is 2.08. The summed E-state index contributed by atoms with van der Waals surface area (Å²) in [6, 6.07) is 4.12. The predicted octanol–water partition coefficient (Wildman–Crippen LogP) is 2.36. The minimum atomic E-state index is 0.896. The van der Waals surface area contributed by atoms with E-state index in [0.717, 1.165) is 13.1 Å². The van der Waals surface area contributed by atoms with Crippen LogP contribution < -0.4 is 5.32 Å². The van der Waals surface area contributed by atoms with E-state index < -0.39 is 0 Å². The molecule has 2 rings (SSSR count). The van der Waals surface area contributed by atoms with Gasteiger partial charge in [-0.1, -0.05) is 12.5 Å². The number of nitrogens with one attached hydrogen (secondary N) is 1. The molecule has 3 nitrogen and oxygen atoms in total. The third kappa shape index (κ3) is 4.39. The molecule has 0 amide bonds. The van der Waals surface area contributed by atoms with Crippen LogP contribution in [0.2, 0.25) is 0 Å². The lowest BCUT2D eigenvalue weighted by molar-refractivity contribution is 0.225. The van der Waals surface area contributed by atoms with Crippen LogP contribution in [-0.2, 0) is 6.54 Å². The monoisotopic (exact) mass is 247 g/mol. The minimum Gasteiger partial charge on any atom is -0.311 e. The summed E-state index contributed by atoms with van der Waals surface area (Å²) in [7, 11) is 0. The van der Waals surface area contributed by atoms with Gasteiger partial charge in [0.2, 0.25) is 0 Å². The Balaban J connectivity index is 1.57. The average molecular weight is 247 g/mol. The van der Waals surface area contributed by atoms with Crippen molar-refractivity contribution in [1.29, 1.82) is 0 Å². The molecule has 0 aliphatic carbocycles. The van der Waals surface area contributed by atoms with Gasteiger partial charge in [0.1, 0.15) is 0 Å². The zero-order valence-corrected chi connectivity index (χ0v) is 11.5. The SMILES string of the molecule is Cc1cccnc1CNCCCN1CCCCC1. The van der Waals surface area contributed by atoms with E-state index in [-0.39, 0.29) is 0 Å². The molecule has 0 radical (unpaired) electrons. The van der Waals surface area contributed by atoms with Gasteiger partial charge in [-0.15, -0.1) is 0 Å². The van der Waals surface area contributed by atoms with Crippen LogP contribution >= 0.6 is 0 Å². The molecule has 1 N–H and O–H groups in total. The second-order valence-electron chi connectivity index (χ2n) is 5.20. The zero-order chi connectivity index (χ0) is 12.6. The van der Waals surface area contributed by atoms with Gasteiger partial charge in [-0.3, -0.25) is 4.98 Å². The lowest BCUT2D eigenvalue weighted by Crippen LogP contribution is -2.32. The Morgan fingerprint density at radius 2 is 2.11 bits per heavy atom. The number of aryl methyl sites for hydroxylation is 1. The van der Waals surface area contributed by atoms with Crippen molar-refractivity contribution in [2.45, 2.75) is 39.2 Å². The van der Waals surface area contributed by atoms with Crippen LogP contribution in [0.1, 0.15) is 36.9 Å². The largest absolute Gasteiger partial charge is 0.311 e. The predicted molar refractivity (Wildman–Crippen MR) is 75.6 cm³/mol. The molecule has 1 aromatic rings. The van der Waals surface area contributed by atoms with E-state index >= 15 is 0 Å². The van der Waals surface area contributed by atoms with Crippen LogP contribution in [0.25, 0.3) is 0 Å². The molecular formula is C15H25N3. The van der Waals surface area contributed by atoms with Crippen molar-refractivity contribution in [3.63, 3.8) is 0 Å². The maximum atomic E-state index is 4.39. The second-order valence-corrected chi connectivity index (χ2v) is 5.20. The minimum absolute atomic E-state index is 0.896. The highest BCUT2D eigenvalue weighted by Crippen LogP contribution is 2.08. The van der Waals surface area contributed by atoms with Crippen molar-refractivity contribution in [3.8, 4) is 0 Å². The number of rotatable bonds is 6. The lowest BCUT2D eigenvalue weighted by Gasteiger charge is -2.26. The molecule has 100 valence electrons. The van der Waals surface area contributed by atoms with Gasteiger partial charge in [-0.25, -0.2) is 0 Å². The standard InChI is InChI=1S/C15H25N3/c1-14-7-5-9-17-15(14)13-16-8-6-12-18-10-3-2-4-11-18/h5,7,9,16H,2-4,6,8,10-13H2,1H3. The summed E-state index contributed by atoms with van der Waals surface area (Å²) in [4.78, 5) is 6.99. The van der Waals surface area contributed by atoms with Crippen molar-refractivity contribution in [2.75, 3.05) is 26.2 Å². The summed E-state index contributed by atoms with van der Waals surface area (Å²) in [5, 5.41) is 3.49. The molecule has 18 heavy (non-hydrogen) atoms. The summed E-state index contributed by atoms with van der Waals surface area (Å²) in [6.07, 6.45) is 7.32. The Kier molecular flexibility index (Phi) is 5.62. The first kappa shape index (κ1) is 13.5. The molecule has 0 bridgehead atoms. The number of nitrogens with zero attached hydrogens (tertiary/aromatic N) is 2. The highest BCUT2D eigenvalue weighted by atomic mass is 15.1. The van der Waals surface area contributed by atoms with Crippen LogP contribution in [0.4, 0.5) is 0 Å². The maximum Gasteiger partial charge on any atom is 0.0570 e. The van der Waals surface area contributed by atoms with Crippen molar-refractivity contribution < 1.29 is 0 Å². The number of piperidine rings is 1. The lowest BCUT2D eigenvalue weighted by atomic mass is 10.1. The van der Waals surface area contributed by atoms with Gasteiger partial charge < -0.3 is 10.2 Å². The first-order chi connectivity index (χ1) is 8.86. The number of hydrogen-bond donors (Lipinski definition) is 1. The molecule has 2 heterocycles. The van der Waals surface area contributed by atoms with Crippen LogP contribution in [0.15, 0.2) is 18.3 Å². The van der Waals surface area contributed by atoms with E-state index in [0.29, 0.717) is 0 Å². The molecule has 1 fully saturated rings. The summed E-state index contributed by atoms with van der Waals surface area (Å²) in [6.45, 7) is 7.96. The Hall–Kier alpha value is -0.930. The van der Waals surface area contributed by atoms with Crippen LogP contribution in [0, 0.1) is 6.92 Å². The van der Waals surface area contributed by atoms with E-state index in [1.54, 1.807) is 0 Å². The third-order valence-electron chi connectivity index (χ3n) is 3.69. The Morgan fingerprint density at radius 1 is 1.28 bits per heavy atom. The topological polar surface area (TPSA) is 28.2 Å². The van der Waals surface area contributed by atoms with Crippen LogP contribution in [0.3, 0.4) is 0 Å². The fourth-order valence-electron chi connectivity index (χ4n) is 2.52. The second kappa shape index (κ2) is 7.49. The molecule has 0 unspecified atom stereocenters. The van der Waals surface area contributed by atoms with Crippen molar-refractivity contribution in [3.05, 3.63) is 29.6 Å². The van der Waals surface area contributed by atoms with Gasteiger partial charge in [-0.2, -0.15) is 0 Å². The van der Waals surface area contributed by atoms with Crippen molar-refractivity contribution in [2.24, 2.45) is 0 Å². The molecule has 0 saturated carbocycles. The number of pyridine rings is 1. The van der Waals surface area contributed by atoms with E-state index in [9.17, 15) is 0 Å². The first-order valence-corrected chi connectivity index (χ1v) is 7.20. The average Bonchev–Trinajstić information content (AvgIpc) is 2.42. The van der Waals surface area contributed by atoms with Crippen molar-refractivity contribution >= 4 is 0 Å². The van der Waals surface area contributed by atoms with Gasteiger partial charge in [0.05, 0.1) is 5.69 Å². The fourth-order valence-corrected chi connectivity index (χ4v) is 2.52. The summed E-state index contributed by atoms with van der Waals surface area (Å²) < 4.78 is 0. The smallest absolute Gasteiger partial charge is 0.0570 e. The molecule has 1 aliphatic heterocycles. The van der Waals surface area contributed by atoms with Gasteiger partial charge >= 0.3 is 0 Å². The molecule has 0 aromatic carbocycles. The van der Waals surface area contributed by atoms with E-state index in [1.165, 1.54) is 56.6 Å². The Morgan fingerprint density at radius 3 is 2.89 bits per heavy atom. The Bertz CT molecular complexity index is 345. The van der Waals surface area contributed by atoms with Gasteiger partial charge in [-0.05, 0) is 64.0 Å². The van der Waals surface area contributed by atoms with Crippen molar-refractivity contribution in [1.82, 2.24) is 15.2 Å². The normalized spacial score (nSPS) is 16.9. The fraction of sp³-hybridized carbons (Fsp3) is 0.667. The molecule has 0 spiro atoms. The Labute approximate surface area is 111 Å². The van der Waals surface area contributed by atoms with Crippen LogP contribution in [-0.4, -0.2) is 36.1 Å². The molecule has 3 heteroatoms. The number of likely N-dealkylation sites (tertiary alicyclic amines) is 1. The van der Waals surface area contributed by atoms with Gasteiger partial charge in [0.15, 0.2) is 0 Å². The number of aromatic nitrogens is 1. The summed E-state index contributed by atoms with van der Waals surface area (Å²) >= 11 is 0. The van der Waals surface area contributed by atoms with E-state index in [2.05, 4.69) is 28.2 Å². The van der Waals surface area contributed by atoms with E-state index in [1.807, 2.05) is 12.3 Å². The zero-order valence-electron chi connectivity index (χ0n) is 11.5. The molecular weight excluding hydrogens is 222 g/mol. The molecule has 1 saturated heterocycles. The molecule has 0 atom stereocenters. The molecule has 1 aromatic heterocycles.